The van der Waals surface area contributed by atoms with E-state index in [1.807, 2.05) is 24.4 Å². The van der Waals surface area contributed by atoms with Gasteiger partial charge in [0.05, 0.1) is 6.26 Å². The molecule has 0 aliphatic carbocycles. The largest absolute Gasteiger partial charge is 0.463 e. The fourth-order valence-corrected chi connectivity index (χ4v) is 1.48. The Morgan fingerprint density at radius 1 is 1.35 bits per heavy atom. The molecule has 90 valence electrons. The van der Waals surface area contributed by atoms with Crippen LogP contribution in [0, 0.1) is 0 Å². The standard InChI is InChI=1S/C12H12N2O2.CH4/c15-14-8-12-6-11(9-16-12)4-3-10-2-1-5-13-7-10;/h1-2,5-9,15H,3-4H2;1H4/b14-8+;. The molecular weight excluding hydrogens is 216 g/mol. The normalized spacial score (nSPS) is 10.4. The minimum absolute atomic E-state index is 0. The van der Waals surface area contributed by atoms with Crippen LogP contribution in [0.4, 0.5) is 0 Å². The van der Waals surface area contributed by atoms with Gasteiger partial charge in [-0.05, 0) is 36.1 Å². The molecule has 2 rings (SSSR count). The zero-order valence-corrected chi connectivity index (χ0v) is 8.71. The van der Waals surface area contributed by atoms with Crippen molar-refractivity contribution in [3.8, 4) is 0 Å². The van der Waals surface area contributed by atoms with Crippen LogP contribution in [-0.2, 0) is 12.8 Å². The lowest BCUT2D eigenvalue weighted by Gasteiger charge is -1.97. The summed E-state index contributed by atoms with van der Waals surface area (Å²) in [5, 5.41) is 11.2. The third-order valence-corrected chi connectivity index (χ3v) is 2.28. The smallest absolute Gasteiger partial charge is 0.148 e. The number of furan rings is 1. The van der Waals surface area contributed by atoms with Crippen LogP contribution in [-0.4, -0.2) is 16.4 Å². The average molecular weight is 232 g/mol. The highest BCUT2D eigenvalue weighted by Crippen LogP contribution is 2.09. The van der Waals surface area contributed by atoms with Gasteiger partial charge in [-0.3, -0.25) is 4.98 Å². The molecule has 1 N–H and O–H groups in total. The first-order valence-electron chi connectivity index (χ1n) is 5.02. The van der Waals surface area contributed by atoms with Crippen LogP contribution in [0.25, 0.3) is 0 Å². The van der Waals surface area contributed by atoms with Crippen LogP contribution in [0.15, 0.2) is 46.4 Å². The van der Waals surface area contributed by atoms with E-state index in [2.05, 4.69) is 10.1 Å². The fourth-order valence-electron chi connectivity index (χ4n) is 1.48. The Labute approximate surface area is 101 Å². The summed E-state index contributed by atoms with van der Waals surface area (Å²) in [6.45, 7) is 0. The molecule has 2 aromatic rings. The third-order valence-electron chi connectivity index (χ3n) is 2.28. The molecule has 2 aromatic heterocycles. The van der Waals surface area contributed by atoms with Gasteiger partial charge in [0, 0.05) is 12.4 Å². The van der Waals surface area contributed by atoms with Crippen LogP contribution in [0.2, 0.25) is 0 Å². The fraction of sp³-hybridized carbons (Fsp3) is 0.231. The molecule has 0 saturated heterocycles. The molecule has 0 amide bonds. The SMILES string of the molecule is C.O/N=C/c1cc(CCc2cccnc2)co1. The van der Waals surface area contributed by atoms with Gasteiger partial charge in [-0.15, -0.1) is 0 Å². The van der Waals surface area contributed by atoms with Gasteiger partial charge in [-0.25, -0.2) is 0 Å². The Hall–Kier alpha value is -2.10. The minimum Gasteiger partial charge on any atom is -0.463 e. The maximum absolute atomic E-state index is 8.34. The quantitative estimate of drug-likeness (QED) is 0.501. The van der Waals surface area contributed by atoms with Crippen LogP contribution in [0.3, 0.4) is 0 Å². The van der Waals surface area contributed by atoms with E-state index in [1.165, 1.54) is 11.8 Å². The van der Waals surface area contributed by atoms with Crippen molar-refractivity contribution in [2.24, 2.45) is 5.16 Å². The lowest BCUT2D eigenvalue weighted by atomic mass is 10.1. The van der Waals surface area contributed by atoms with Gasteiger partial charge >= 0.3 is 0 Å². The van der Waals surface area contributed by atoms with E-state index >= 15 is 0 Å². The van der Waals surface area contributed by atoms with Crippen LogP contribution in [0.5, 0.6) is 0 Å². The van der Waals surface area contributed by atoms with Crippen molar-refractivity contribution in [2.45, 2.75) is 20.3 Å². The first-order valence-corrected chi connectivity index (χ1v) is 5.02. The first-order chi connectivity index (χ1) is 7.88. The Kier molecular flexibility index (Phi) is 4.94. The molecular formula is C13H16N2O2. The summed E-state index contributed by atoms with van der Waals surface area (Å²) in [7, 11) is 0. The summed E-state index contributed by atoms with van der Waals surface area (Å²) in [5.41, 5.74) is 2.28. The number of aryl methyl sites for hydroxylation is 2. The molecule has 4 heteroatoms. The highest BCUT2D eigenvalue weighted by Gasteiger charge is 2.00. The van der Waals surface area contributed by atoms with E-state index in [0.29, 0.717) is 5.76 Å². The molecule has 0 aliphatic heterocycles. The number of hydrogen-bond acceptors (Lipinski definition) is 4. The van der Waals surface area contributed by atoms with E-state index in [9.17, 15) is 0 Å². The average Bonchev–Trinajstić information content (AvgIpc) is 2.76. The van der Waals surface area contributed by atoms with Crippen molar-refractivity contribution in [2.75, 3.05) is 0 Å². The molecule has 2 heterocycles. The lowest BCUT2D eigenvalue weighted by molar-refractivity contribution is 0.320. The number of aromatic nitrogens is 1. The maximum atomic E-state index is 8.34. The zero-order valence-electron chi connectivity index (χ0n) is 8.71. The van der Waals surface area contributed by atoms with Crippen molar-refractivity contribution < 1.29 is 9.62 Å². The molecule has 0 bridgehead atoms. The van der Waals surface area contributed by atoms with E-state index in [0.717, 1.165) is 18.4 Å². The summed E-state index contributed by atoms with van der Waals surface area (Å²) < 4.78 is 5.17. The summed E-state index contributed by atoms with van der Waals surface area (Å²) >= 11 is 0. The predicted octanol–water partition coefficient (Wildman–Crippen LogP) is 2.90. The number of nitrogens with zero attached hydrogens (tertiary/aromatic N) is 2. The third kappa shape index (κ3) is 3.75. The van der Waals surface area contributed by atoms with Gasteiger partial charge in [-0.1, -0.05) is 18.6 Å². The highest BCUT2D eigenvalue weighted by atomic mass is 16.4. The maximum Gasteiger partial charge on any atom is 0.148 e. The molecule has 0 aliphatic rings. The second kappa shape index (κ2) is 6.48. The molecule has 4 nitrogen and oxygen atoms in total. The highest BCUT2D eigenvalue weighted by molar-refractivity contribution is 5.75. The number of rotatable bonds is 4. The van der Waals surface area contributed by atoms with Crippen molar-refractivity contribution >= 4 is 6.21 Å². The molecule has 0 fully saturated rings. The van der Waals surface area contributed by atoms with Gasteiger partial charge in [0.25, 0.3) is 0 Å². The van der Waals surface area contributed by atoms with E-state index in [4.69, 9.17) is 9.62 Å². The summed E-state index contributed by atoms with van der Waals surface area (Å²) in [6.07, 6.45) is 8.37. The van der Waals surface area contributed by atoms with E-state index in [1.54, 1.807) is 12.5 Å². The van der Waals surface area contributed by atoms with Crippen molar-refractivity contribution in [3.63, 3.8) is 0 Å². The Bertz CT molecular complexity index is 463. The Morgan fingerprint density at radius 2 is 2.18 bits per heavy atom. The molecule has 17 heavy (non-hydrogen) atoms. The van der Waals surface area contributed by atoms with E-state index in [-0.39, 0.29) is 7.43 Å². The van der Waals surface area contributed by atoms with Gasteiger partial charge in [0.2, 0.25) is 0 Å². The van der Waals surface area contributed by atoms with Gasteiger partial charge in [-0.2, -0.15) is 0 Å². The van der Waals surface area contributed by atoms with Gasteiger partial charge in [0.15, 0.2) is 0 Å². The van der Waals surface area contributed by atoms with E-state index < -0.39 is 0 Å². The Morgan fingerprint density at radius 3 is 2.88 bits per heavy atom. The minimum atomic E-state index is 0. The topological polar surface area (TPSA) is 58.6 Å². The number of hydrogen-bond donors (Lipinski definition) is 1. The van der Waals surface area contributed by atoms with Crippen molar-refractivity contribution in [3.05, 3.63) is 53.7 Å². The van der Waals surface area contributed by atoms with Crippen LogP contribution >= 0.6 is 0 Å². The van der Waals surface area contributed by atoms with Crippen LogP contribution in [0.1, 0.15) is 24.3 Å². The van der Waals surface area contributed by atoms with Gasteiger partial charge < -0.3 is 9.62 Å². The molecule has 0 saturated carbocycles. The van der Waals surface area contributed by atoms with Crippen LogP contribution < -0.4 is 0 Å². The number of pyridine rings is 1. The number of oxime groups is 1. The first kappa shape index (κ1) is 13.0. The summed E-state index contributed by atoms with van der Waals surface area (Å²) in [6, 6.07) is 5.83. The lowest BCUT2D eigenvalue weighted by Crippen LogP contribution is -1.89. The molecule has 0 aromatic carbocycles. The summed E-state index contributed by atoms with van der Waals surface area (Å²) in [4.78, 5) is 4.05. The summed E-state index contributed by atoms with van der Waals surface area (Å²) in [5.74, 6) is 0.559. The molecule has 0 atom stereocenters. The Balaban J connectivity index is 0.00000144. The zero-order chi connectivity index (χ0) is 11.2. The molecule has 0 unspecified atom stereocenters. The monoisotopic (exact) mass is 232 g/mol. The molecule has 0 radical (unpaired) electrons. The van der Waals surface area contributed by atoms with Crippen molar-refractivity contribution in [1.29, 1.82) is 0 Å². The molecule has 0 spiro atoms. The van der Waals surface area contributed by atoms with Gasteiger partial charge in [0.1, 0.15) is 12.0 Å². The second-order valence-corrected chi connectivity index (χ2v) is 3.46. The second-order valence-electron chi connectivity index (χ2n) is 3.46. The van der Waals surface area contributed by atoms with Crippen molar-refractivity contribution in [1.82, 2.24) is 4.98 Å². The predicted molar refractivity (Wildman–Crippen MR) is 66.5 cm³/mol.